The molecule has 0 rings (SSSR count). The van der Waals surface area contributed by atoms with Gasteiger partial charge in [0.2, 0.25) is 0 Å². The molecule has 0 bridgehead atoms. The van der Waals surface area contributed by atoms with Crippen molar-refractivity contribution in [2.45, 2.75) is 25.8 Å². The summed E-state index contributed by atoms with van der Waals surface area (Å²) in [6, 6.07) is -0.0913. The Bertz CT molecular complexity index is 182. The molecule has 0 unspecified atom stereocenters. The number of allylic oxidation sites excluding steroid dienone is 1. The molecule has 3 N–H and O–H groups in total. The molecular formula is C7H14O4Si. The van der Waals surface area contributed by atoms with Crippen molar-refractivity contribution in [2.24, 2.45) is 0 Å². The molecule has 5 heteroatoms. The highest BCUT2D eigenvalue weighted by molar-refractivity contribution is 6.56. The molecule has 0 amide bonds. The van der Waals surface area contributed by atoms with E-state index in [0.717, 1.165) is 0 Å². The molecular weight excluding hydrogens is 176 g/mol. The fourth-order valence-electron chi connectivity index (χ4n) is 0.700. The van der Waals surface area contributed by atoms with Crippen molar-refractivity contribution in [3.63, 3.8) is 0 Å². The molecule has 0 aliphatic rings. The summed E-state index contributed by atoms with van der Waals surface area (Å²) < 4.78 is 0. The van der Waals surface area contributed by atoms with Gasteiger partial charge in [-0.25, -0.2) is 0 Å². The minimum atomic E-state index is -3.94. The number of ketones is 1. The van der Waals surface area contributed by atoms with Crippen LogP contribution in [0.25, 0.3) is 0 Å². The number of carbonyl (C=O) groups is 1. The predicted molar refractivity (Wildman–Crippen MR) is 46.3 cm³/mol. The van der Waals surface area contributed by atoms with Crippen molar-refractivity contribution in [3.05, 3.63) is 12.2 Å². The van der Waals surface area contributed by atoms with Gasteiger partial charge in [-0.15, -0.1) is 0 Å². The van der Waals surface area contributed by atoms with Crippen LogP contribution in [0, 0.1) is 0 Å². The van der Waals surface area contributed by atoms with E-state index < -0.39 is 8.80 Å². The number of carbonyl (C=O) groups excluding carboxylic acids is 1. The van der Waals surface area contributed by atoms with E-state index in [0.29, 0.717) is 12.0 Å². The third kappa shape index (κ3) is 6.23. The van der Waals surface area contributed by atoms with E-state index in [2.05, 4.69) is 6.58 Å². The van der Waals surface area contributed by atoms with Crippen molar-refractivity contribution in [1.82, 2.24) is 0 Å². The van der Waals surface area contributed by atoms with E-state index in [4.69, 9.17) is 14.4 Å². The third-order valence-corrected chi connectivity index (χ3v) is 2.42. The van der Waals surface area contributed by atoms with Crippen molar-refractivity contribution < 1.29 is 19.2 Å². The lowest BCUT2D eigenvalue weighted by molar-refractivity contribution is -0.115. The Kier molecular flexibility index (Phi) is 4.33. The highest BCUT2D eigenvalue weighted by Crippen LogP contribution is 2.07. The second-order valence-corrected chi connectivity index (χ2v) is 4.88. The van der Waals surface area contributed by atoms with Crippen LogP contribution in [0.5, 0.6) is 0 Å². The van der Waals surface area contributed by atoms with Crippen LogP contribution < -0.4 is 0 Å². The SMILES string of the molecule is C=C(C)C(=O)CCC[Si](O)(O)O. The van der Waals surface area contributed by atoms with Gasteiger partial charge < -0.3 is 14.4 Å². The molecule has 0 radical (unpaired) electrons. The van der Waals surface area contributed by atoms with Crippen molar-refractivity contribution >= 4 is 14.6 Å². The van der Waals surface area contributed by atoms with Gasteiger partial charge in [0, 0.05) is 12.5 Å². The highest BCUT2D eigenvalue weighted by atomic mass is 28.4. The number of hydrogen-bond donors (Lipinski definition) is 3. The van der Waals surface area contributed by atoms with Gasteiger partial charge in [-0.2, -0.15) is 0 Å². The van der Waals surface area contributed by atoms with Gasteiger partial charge in [0.05, 0.1) is 0 Å². The van der Waals surface area contributed by atoms with Gasteiger partial charge in [0.15, 0.2) is 5.78 Å². The van der Waals surface area contributed by atoms with Crippen LogP contribution >= 0.6 is 0 Å². The van der Waals surface area contributed by atoms with Crippen LogP contribution in [-0.4, -0.2) is 29.0 Å². The summed E-state index contributed by atoms with van der Waals surface area (Å²) in [5.74, 6) is -0.103. The van der Waals surface area contributed by atoms with E-state index in [1.54, 1.807) is 6.92 Å². The summed E-state index contributed by atoms with van der Waals surface area (Å²) in [6.07, 6.45) is 0.507. The molecule has 0 aliphatic carbocycles. The van der Waals surface area contributed by atoms with Crippen molar-refractivity contribution in [3.8, 4) is 0 Å². The molecule has 0 atom stereocenters. The molecule has 0 aromatic carbocycles. The fraction of sp³-hybridized carbons (Fsp3) is 0.571. The van der Waals surface area contributed by atoms with Crippen molar-refractivity contribution in [1.29, 1.82) is 0 Å². The monoisotopic (exact) mass is 190 g/mol. The maximum atomic E-state index is 10.9. The Labute approximate surface area is 72.5 Å². The predicted octanol–water partition coefficient (Wildman–Crippen LogP) is -0.172. The maximum Gasteiger partial charge on any atom is 0.492 e. The Morgan fingerprint density at radius 3 is 2.25 bits per heavy atom. The summed E-state index contributed by atoms with van der Waals surface area (Å²) in [7, 11) is -3.94. The standard InChI is InChI=1S/C7H14O4Si/c1-6(2)7(8)4-3-5-12(9,10)11/h9-11H,1,3-5H2,2H3. The largest absolute Gasteiger partial charge is 0.492 e. The van der Waals surface area contributed by atoms with Gasteiger partial charge in [0.25, 0.3) is 0 Å². The van der Waals surface area contributed by atoms with E-state index >= 15 is 0 Å². The molecule has 0 aromatic heterocycles. The lowest BCUT2D eigenvalue weighted by Gasteiger charge is -2.07. The smallest absolute Gasteiger partial charge is 0.390 e. The van der Waals surface area contributed by atoms with Gasteiger partial charge in [-0.05, 0) is 18.9 Å². The molecule has 0 aliphatic heterocycles. The quantitative estimate of drug-likeness (QED) is 0.415. The summed E-state index contributed by atoms with van der Waals surface area (Å²) in [5.41, 5.74) is 0.455. The second kappa shape index (κ2) is 4.51. The van der Waals surface area contributed by atoms with E-state index in [1.807, 2.05) is 0 Å². The van der Waals surface area contributed by atoms with Gasteiger partial charge >= 0.3 is 8.80 Å². The summed E-state index contributed by atoms with van der Waals surface area (Å²) >= 11 is 0. The number of rotatable bonds is 5. The van der Waals surface area contributed by atoms with Gasteiger partial charge in [-0.3, -0.25) is 4.79 Å². The zero-order valence-electron chi connectivity index (χ0n) is 7.08. The Morgan fingerprint density at radius 1 is 1.42 bits per heavy atom. The zero-order valence-corrected chi connectivity index (χ0v) is 8.08. The molecule has 0 spiro atoms. The normalized spacial score (nSPS) is 11.3. The maximum absolute atomic E-state index is 10.9. The highest BCUT2D eigenvalue weighted by Gasteiger charge is 2.25. The Balaban J connectivity index is 3.58. The first-order chi connectivity index (χ1) is 5.33. The lowest BCUT2D eigenvalue weighted by Crippen LogP contribution is -2.34. The first-order valence-corrected chi connectivity index (χ1v) is 5.73. The number of Topliss-reactive ketones (excluding diaryl/α,β-unsaturated/α-hetero) is 1. The molecule has 0 heterocycles. The Hall–Kier alpha value is -0.493. The molecule has 0 fully saturated rings. The second-order valence-electron chi connectivity index (χ2n) is 2.83. The first-order valence-electron chi connectivity index (χ1n) is 3.69. The van der Waals surface area contributed by atoms with Crippen LogP contribution in [0.15, 0.2) is 12.2 Å². The Morgan fingerprint density at radius 2 is 1.92 bits per heavy atom. The minimum Gasteiger partial charge on any atom is -0.390 e. The average Bonchev–Trinajstić information content (AvgIpc) is 1.84. The fourth-order valence-corrected chi connectivity index (χ4v) is 1.35. The van der Waals surface area contributed by atoms with Crippen molar-refractivity contribution in [2.75, 3.05) is 0 Å². The van der Waals surface area contributed by atoms with Crippen LogP contribution in [0.2, 0.25) is 6.04 Å². The lowest BCUT2D eigenvalue weighted by atomic mass is 10.1. The third-order valence-electron chi connectivity index (χ3n) is 1.39. The minimum absolute atomic E-state index is 0.0913. The van der Waals surface area contributed by atoms with Crippen LogP contribution in [-0.2, 0) is 4.79 Å². The van der Waals surface area contributed by atoms with E-state index in [1.165, 1.54) is 0 Å². The van der Waals surface area contributed by atoms with E-state index in [9.17, 15) is 4.79 Å². The first kappa shape index (κ1) is 11.5. The van der Waals surface area contributed by atoms with Crippen LogP contribution in [0.4, 0.5) is 0 Å². The zero-order chi connectivity index (χ0) is 9.78. The van der Waals surface area contributed by atoms with Gasteiger partial charge in [-0.1, -0.05) is 6.58 Å². The number of hydrogen-bond acceptors (Lipinski definition) is 4. The summed E-state index contributed by atoms with van der Waals surface area (Å²) in [4.78, 5) is 36.7. The van der Waals surface area contributed by atoms with Gasteiger partial charge in [0.1, 0.15) is 0 Å². The molecule has 0 saturated heterocycles. The van der Waals surface area contributed by atoms with Crippen LogP contribution in [0.1, 0.15) is 19.8 Å². The molecule has 70 valence electrons. The molecule has 0 aromatic rings. The van der Waals surface area contributed by atoms with E-state index in [-0.39, 0.29) is 18.2 Å². The topological polar surface area (TPSA) is 77.8 Å². The van der Waals surface area contributed by atoms with Crippen LogP contribution in [0.3, 0.4) is 0 Å². The average molecular weight is 190 g/mol. The summed E-state index contributed by atoms with van der Waals surface area (Å²) in [6.45, 7) is 5.05. The molecule has 12 heavy (non-hydrogen) atoms. The molecule has 4 nitrogen and oxygen atoms in total. The summed E-state index contributed by atoms with van der Waals surface area (Å²) in [5, 5.41) is 0. The molecule has 0 saturated carbocycles.